The molecule has 2 aromatic carbocycles. The van der Waals surface area contributed by atoms with Gasteiger partial charge in [-0.05, 0) is 36.6 Å². The zero-order valence-corrected chi connectivity index (χ0v) is 13.5. The normalized spacial score (nSPS) is 13.5. The second kappa shape index (κ2) is 9.30. The molecule has 0 aliphatic heterocycles. The fraction of sp³-hybridized carbons (Fsp3) is 0.368. The number of hydrogen-bond donors (Lipinski definition) is 3. The van der Waals surface area contributed by atoms with Gasteiger partial charge in [0.05, 0.1) is 6.61 Å². The number of benzene rings is 2. The lowest BCUT2D eigenvalue weighted by atomic mass is 10.1. The number of nitrogens with one attached hydrogen (secondary N) is 1. The summed E-state index contributed by atoms with van der Waals surface area (Å²) in [5.41, 5.74) is 2.12. The average Bonchev–Trinajstić information content (AvgIpc) is 2.59. The highest BCUT2D eigenvalue weighted by molar-refractivity contribution is 5.26. The van der Waals surface area contributed by atoms with Gasteiger partial charge in [-0.3, -0.25) is 0 Å². The SMILES string of the molecule is CC(Cc1ccccc1)NCC(O)COc1ccc(CO)cc1. The summed E-state index contributed by atoms with van der Waals surface area (Å²) < 4.78 is 5.55. The number of aliphatic hydroxyl groups excluding tert-OH is 2. The standard InChI is InChI=1S/C19H25NO3/c1-15(11-16-5-3-2-4-6-16)20-12-18(22)14-23-19-9-7-17(13-21)8-10-19/h2-10,15,18,20-22H,11-14H2,1H3. The molecule has 2 unspecified atom stereocenters. The molecule has 4 heteroatoms. The Morgan fingerprint density at radius 2 is 1.70 bits per heavy atom. The summed E-state index contributed by atoms with van der Waals surface area (Å²) >= 11 is 0. The predicted octanol–water partition coefficient (Wildman–Crippen LogP) is 2.14. The maximum atomic E-state index is 10.00. The molecule has 0 amide bonds. The molecule has 0 fully saturated rings. The molecule has 2 atom stereocenters. The van der Waals surface area contributed by atoms with Crippen LogP contribution in [0.1, 0.15) is 18.1 Å². The molecule has 4 nitrogen and oxygen atoms in total. The molecule has 2 aromatic rings. The van der Waals surface area contributed by atoms with Gasteiger partial charge in [0.15, 0.2) is 0 Å². The minimum atomic E-state index is -0.564. The molecule has 0 aliphatic carbocycles. The van der Waals surface area contributed by atoms with Crippen molar-refractivity contribution in [1.82, 2.24) is 5.32 Å². The van der Waals surface area contributed by atoms with Crippen LogP contribution in [0.4, 0.5) is 0 Å². The molecule has 23 heavy (non-hydrogen) atoms. The summed E-state index contributed by atoms with van der Waals surface area (Å²) in [5, 5.41) is 22.3. The first-order valence-electron chi connectivity index (χ1n) is 7.95. The Morgan fingerprint density at radius 1 is 1.00 bits per heavy atom. The smallest absolute Gasteiger partial charge is 0.119 e. The second-order valence-electron chi connectivity index (χ2n) is 5.77. The molecule has 124 valence electrons. The first kappa shape index (κ1) is 17.5. The van der Waals surface area contributed by atoms with Crippen molar-refractivity contribution >= 4 is 0 Å². The lowest BCUT2D eigenvalue weighted by Gasteiger charge is -2.18. The van der Waals surface area contributed by atoms with Gasteiger partial charge in [-0.15, -0.1) is 0 Å². The maximum absolute atomic E-state index is 10.00. The highest BCUT2D eigenvalue weighted by atomic mass is 16.5. The Bertz CT molecular complexity index is 557. The van der Waals surface area contributed by atoms with E-state index in [-0.39, 0.29) is 19.3 Å². The first-order chi connectivity index (χ1) is 11.2. The van der Waals surface area contributed by atoms with Crippen molar-refractivity contribution in [2.75, 3.05) is 13.2 Å². The Labute approximate surface area is 137 Å². The van der Waals surface area contributed by atoms with E-state index in [0.29, 0.717) is 12.3 Å². The van der Waals surface area contributed by atoms with Crippen LogP contribution in [0, 0.1) is 0 Å². The van der Waals surface area contributed by atoms with Crippen molar-refractivity contribution in [1.29, 1.82) is 0 Å². The highest BCUT2D eigenvalue weighted by Gasteiger charge is 2.08. The molecule has 0 spiro atoms. The molecule has 0 radical (unpaired) electrons. The molecule has 0 saturated carbocycles. The van der Waals surface area contributed by atoms with Gasteiger partial charge in [0.2, 0.25) is 0 Å². The van der Waals surface area contributed by atoms with E-state index in [1.54, 1.807) is 12.1 Å². The van der Waals surface area contributed by atoms with Gasteiger partial charge in [0.1, 0.15) is 18.5 Å². The Morgan fingerprint density at radius 3 is 2.35 bits per heavy atom. The molecule has 0 aromatic heterocycles. The Hall–Kier alpha value is -1.88. The molecular weight excluding hydrogens is 290 g/mol. The van der Waals surface area contributed by atoms with Crippen molar-refractivity contribution in [3.8, 4) is 5.75 Å². The quantitative estimate of drug-likeness (QED) is 0.663. The van der Waals surface area contributed by atoms with Crippen molar-refractivity contribution in [3.63, 3.8) is 0 Å². The van der Waals surface area contributed by atoms with E-state index in [2.05, 4.69) is 24.4 Å². The second-order valence-corrected chi connectivity index (χ2v) is 5.77. The van der Waals surface area contributed by atoms with Crippen LogP contribution in [-0.4, -0.2) is 35.5 Å². The number of hydrogen-bond acceptors (Lipinski definition) is 4. The summed E-state index contributed by atoms with van der Waals surface area (Å²) in [6, 6.07) is 17.8. The molecule has 0 heterocycles. The third-order valence-electron chi connectivity index (χ3n) is 3.63. The fourth-order valence-electron chi connectivity index (χ4n) is 2.32. The number of aliphatic hydroxyl groups is 2. The van der Waals surface area contributed by atoms with Gasteiger partial charge in [0, 0.05) is 12.6 Å². The van der Waals surface area contributed by atoms with Crippen molar-refractivity contribution in [2.45, 2.75) is 32.1 Å². The van der Waals surface area contributed by atoms with Crippen LogP contribution in [0.5, 0.6) is 5.75 Å². The van der Waals surface area contributed by atoms with Crippen LogP contribution in [0.15, 0.2) is 54.6 Å². The first-order valence-corrected chi connectivity index (χ1v) is 7.95. The molecule has 2 rings (SSSR count). The molecule has 3 N–H and O–H groups in total. The molecule has 0 aliphatic rings. The van der Waals surface area contributed by atoms with Gasteiger partial charge in [-0.2, -0.15) is 0 Å². The maximum Gasteiger partial charge on any atom is 0.119 e. The topological polar surface area (TPSA) is 61.7 Å². The third-order valence-corrected chi connectivity index (χ3v) is 3.63. The lowest BCUT2D eigenvalue weighted by Crippen LogP contribution is -2.37. The lowest BCUT2D eigenvalue weighted by molar-refractivity contribution is 0.104. The van der Waals surface area contributed by atoms with Gasteiger partial charge in [-0.25, -0.2) is 0 Å². The molecule has 0 saturated heterocycles. The van der Waals surface area contributed by atoms with Crippen LogP contribution in [-0.2, 0) is 13.0 Å². The van der Waals surface area contributed by atoms with E-state index >= 15 is 0 Å². The number of rotatable bonds is 9. The molecule has 0 bridgehead atoms. The predicted molar refractivity (Wildman–Crippen MR) is 91.5 cm³/mol. The van der Waals surface area contributed by atoms with Gasteiger partial charge in [0.25, 0.3) is 0 Å². The van der Waals surface area contributed by atoms with Crippen LogP contribution in [0.2, 0.25) is 0 Å². The summed E-state index contributed by atoms with van der Waals surface area (Å²) in [7, 11) is 0. The van der Waals surface area contributed by atoms with E-state index in [4.69, 9.17) is 9.84 Å². The van der Waals surface area contributed by atoms with Crippen LogP contribution >= 0.6 is 0 Å². The minimum Gasteiger partial charge on any atom is -0.491 e. The van der Waals surface area contributed by atoms with E-state index in [1.807, 2.05) is 30.3 Å². The van der Waals surface area contributed by atoms with E-state index in [1.165, 1.54) is 5.56 Å². The summed E-state index contributed by atoms with van der Waals surface area (Å²) in [6.07, 6.45) is 0.363. The van der Waals surface area contributed by atoms with Gasteiger partial charge in [-0.1, -0.05) is 42.5 Å². The zero-order valence-electron chi connectivity index (χ0n) is 13.5. The van der Waals surface area contributed by atoms with Crippen molar-refractivity contribution in [3.05, 3.63) is 65.7 Å². The van der Waals surface area contributed by atoms with E-state index in [9.17, 15) is 5.11 Å². The molecular formula is C19H25NO3. The van der Waals surface area contributed by atoms with Crippen molar-refractivity contribution < 1.29 is 14.9 Å². The monoisotopic (exact) mass is 315 g/mol. The zero-order chi connectivity index (χ0) is 16.5. The van der Waals surface area contributed by atoms with Crippen LogP contribution in [0.25, 0.3) is 0 Å². The Kier molecular flexibility index (Phi) is 7.07. The average molecular weight is 315 g/mol. The number of ether oxygens (including phenoxy) is 1. The summed E-state index contributed by atoms with van der Waals surface area (Å²) in [5.74, 6) is 0.693. The van der Waals surface area contributed by atoms with Gasteiger partial charge < -0.3 is 20.3 Å². The fourth-order valence-corrected chi connectivity index (χ4v) is 2.32. The van der Waals surface area contributed by atoms with Gasteiger partial charge >= 0.3 is 0 Å². The summed E-state index contributed by atoms with van der Waals surface area (Å²) in [6.45, 7) is 2.85. The van der Waals surface area contributed by atoms with Crippen LogP contribution < -0.4 is 10.1 Å². The van der Waals surface area contributed by atoms with E-state index in [0.717, 1.165) is 12.0 Å². The minimum absolute atomic E-state index is 0.0200. The Balaban J connectivity index is 1.66. The highest BCUT2D eigenvalue weighted by Crippen LogP contribution is 2.12. The van der Waals surface area contributed by atoms with Crippen molar-refractivity contribution in [2.24, 2.45) is 0 Å². The third kappa shape index (κ3) is 6.40. The van der Waals surface area contributed by atoms with E-state index < -0.39 is 6.10 Å². The van der Waals surface area contributed by atoms with Crippen LogP contribution in [0.3, 0.4) is 0 Å². The largest absolute Gasteiger partial charge is 0.491 e. The summed E-state index contributed by atoms with van der Waals surface area (Å²) in [4.78, 5) is 0.